The van der Waals surface area contributed by atoms with E-state index in [1.807, 2.05) is 6.07 Å². The number of rotatable bonds is 4. The van der Waals surface area contributed by atoms with Crippen LogP contribution < -0.4 is 4.90 Å². The number of thiophene rings is 1. The first kappa shape index (κ1) is 17.6. The molecule has 28 heavy (non-hydrogen) atoms. The highest BCUT2D eigenvalue weighted by molar-refractivity contribution is 7.12. The van der Waals surface area contributed by atoms with Gasteiger partial charge in [0.2, 0.25) is 5.78 Å². The molecule has 0 saturated heterocycles. The summed E-state index contributed by atoms with van der Waals surface area (Å²) in [4.78, 5) is 31.9. The third kappa shape index (κ3) is 2.86. The van der Waals surface area contributed by atoms with Gasteiger partial charge in [0.05, 0.1) is 28.1 Å². The molecule has 0 radical (unpaired) electrons. The van der Waals surface area contributed by atoms with Gasteiger partial charge in [-0.05, 0) is 47.3 Å². The van der Waals surface area contributed by atoms with Crippen molar-refractivity contribution >= 4 is 28.7 Å². The zero-order chi connectivity index (χ0) is 19.7. The van der Waals surface area contributed by atoms with E-state index in [1.165, 1.54) is 16.2 Å². The van der Waals surface area contributed by atoms with Gasteiger partial charge in [-0.2, -0.15) is 5.26 Å². The van der Waals surface area contributed by atoms with Crippen LogP contribution in [0.3, 0.4) is 0 Å². The number of aliphatic hydroxyl groups is 1. The number of Topliss-reactive ketones (excluding diaryl/α,β-unsaturated/α-hetero) is 1. The van der Waals surface area contributed by atoms with Crippen molar-refractivity contribution in [1.82, 2.24) is 4.98 Å². The fraction of sp³-hybridized carbons (Fsp3) is 0.0476. The molecular weight excluding hydrogens is 374 g/mol. The number of ketones is 1. The fourth-order valence-corrected chi connectivity index (χ4v) is 3.87. The second-order valence-electron chi connectivity index (χ2n) is 6.09. The molecule has 1 aromatic carbocycles. The lowest BCUT2D eigenvalue weighted by Gasteiger charge is -2.26. The summed E-state index contributed by atoms with van der Waals surface area (Å²) in [5.41, 5.74) is 1.53. The lowest BCUT2D eigenvalue weighted by molar-refractivity contribution is -0.117. The van der Waals surface area contributed by atoms with Crippen molar-refractivity contribution < 1.29 is 14.7 Å². The molecule has 4 rings (SSSR count). The number of amides is 1. The zero-order valence-corrected chi connectivity index (χ0v) is 15.3. The highest BCUT2D eigenvalue weighted by Gasteiger charge is 2.44. The molecule has 7 heteroatoms. The lowest BCUT2D eigenvalue weighted by Crippen LogP contribution is -2.31. The third-order valence-corrected chi connectivity index (χ3v) is 5.34. The minimum atomic E-state index is -0.816. The topological polar surface area (TPSA) is 94.3 Å². The molecule has 1 aliphatic rings. The first-order chi connectivity index (χ1) is 13.6. The summed E-state index contributed by atoms with van der Waals surface area (Å²) in [6.07, 6.45) is 3.16. The number of anilines is 1. The second-order valence-corrected chi connectivity index (χ2v) is 7.04. The van der Waals surface area contributed by atoms with Crippen LogP contribution in [-0.2, 0) is 4.79 Å². The van der Waals surface area contributed by atoms with Crippen LogP contribution in [-0.4, -0.2) is 21.8 Å². The van der Waals surface area contributed by atoms with Crippen molar-refractivity contribution in [3.63, 3.8) is 0 Å². The van der Waals surface area contributed by atoms with Crippen molar-refractivity contribution in [2.75, 3.05) is 4.90 Å². The quantitative estimate of drug-likeness (QED) is 0.687. The standard InChI is InChI=1S/C21H13N3O3S/c22-11-13-5-7-15(8-6-13)24-18(14-3-1-9-23-12-14)17(20(26)21(24)27)19(25)16-4-2-10-28-16/h1-10,12,18,26H. The summed E-state index contributed by atoms with van der Waals surface area (Å²) in [6, 6.07) is 14.5. The van der Waals surface area contributed by atoms with Gasteiger partial charge in [-0.15, -0.1) is 11.3 Å². The van der Waals surface area contributed by atoms with Crippen molar-refractivity contribution in [3.8, 4) is 6.07 Å². The van der Waals surface area contributed by atoms with Crippen LogP contribution in [0.15, 0.2) is 77.6 Å². The van der Waals surface area contributed by atoms with Crippen LogP contribution in [0.5, 0.6) is 0 Å². The fourth-order valence-electron chi connectivity index (χ4n) is 3.19. The Kier molecular flexibility index (Phi) is 4.47. The zero-order valence-electron chi connectivity index (χ0n) is 14.4. The third-order valence-electron chi connectivity index (χ3n) is 4.47. The molecule has 136 valence electrons. The highest BCUT2D eigenvalue weighted by atomic mass is 32.1. The van der Waals surface area contributed by atoms with Crippen molar-refractivity contribution in [1.29, 1.82) is 5.26 Å². The minimum absolute atomic E-state index is 0.0183. The van der Waals surface area contributed by atoms with Crippen molar-refractivity contribution in [2.24, 2.45) is 0 Å². The summed E-state index contributed by atoms with van der Waals surface area (Å²) < 4.78 is 0. The second kappa shape index (κ2) is 7.10. The number of pyridine rings is 1. The number of aliphatic hydroxyl groups excluding tert-OH is 1. The number of nitrogens with zero attached hydrogens (tertiary/aromatic N) is 3. The van der Waals surface area contributed by atoms with E-state index in [9.17, 15) is 14.7 Å². The Labute approximate surface area is 164 Å². The first-order valence-corrected chi connectivity index (χ1v) is 9.24. The van der Waals surface area contributed by atoms with Gasteiger partial charge in [-0.1, -0.05) is 12.1 Å². The number of hydrogen-bond acceptors (Lipinski definition) is 6. The van der Waals surface area contributed by atoms with Crippen LogP contribution in [0.1, 0.15) is 26.8 Å². The van der Waals surface area contributed by atoms with Crippen molar-refractivity contribution in [3.05, 3.63) is 93.6 Å². The molecule has 0 spiro atoms. The van der Waals surface area contributed by atoms with Gasteiger partial charge in [0.25, 0.3) is 5.91 Å². The molecule has 0 fully saturated rings. The molecule has 1 N–H and O–H groups in total. The van der Waals surface area contributed by atoms with E-state index in [2.05, 4.69) is 4.98 Å². The van der Waals surface area contributed by atoms with E-state index in [1.54, 1.807) is 66.3 Å². The van der Waals surface area contributed by atoms with Crippen LogP contribution in [0.2, 0.25) is 0 Å². The highest BCUT2D eigenvalue weighted by Crippen LogP contribution is 2.42. The van der Waals surface area contributed by atoms with E-state index in [-0.39, 0.29) is 5.57 Å². The molecule has 0 bridgehead atoms. The SMILES string of the molecule is N#Cc1ccc(N2C(=O)C(O)=C(C(=O)c3cccs3)C2c2cccnc2)cc1. The molecule has 0 aliphatic carbocycles. The van der Waals surface area contributed by atoms with E-state index in [0.29, 0.717) is 21.7 Å². The van der Waals surface area contributed by atoms with Gasteiger partial charge in [-0.3, -0.25) is 19.5 Å². The first-order valence-electron chi connectivity index (χ1n) is 8.37. The number of benzene rings is 1. The monoisotopic (exact) mass is 387 g/mol. The molecule has 1 amide bonds. The molecule has 3 heterocycles. The molecule has 1 unspecified atom stereocenters. The number of nitriles is 1. The van der Waals surface area contributed by atoms with E-state index in [4.69, 9.17) is 5.26 Å². The van der Waals surface area contributed by atoms with Gasteiger partial charge in [0.15, 0.2) is 5.76 Å². The number of carbonyl (C=O) groups excluding carboxylic acids is 2. The Hall–Kier alpha value is -3.76. The van der Waals surface area contributed by atoms with Crippen LogP contribution in [0.25, 0.3) is 0 Å². The molecular formula is C21H13N3O3S. The Morgan fingerprint density at radius 2 is 1.96 bits per heavy atom. The van der Waals surface area contributed by atoms with Crippen LogP contribution in [0, 0.1) is 11.3 Å². The maximum absolute atomic E-state index is 13.1. The minimum Gasteiger partial charge on any atom is -0.503 e. The molecule has 6 nitrogen and oxygen atoms in total. The largest absolute Gasteiger partial charge is 0.503 e. The van der Waals surface area contributed by atoms with E-state index < -0.39 is 23.5 Å². The summed E-state index contributed by atoms with van der Waals surface area (Å²) in [7, 11) is 0. The molecule has 3 aromatic rings. The summed E-state index contributed by atoms with van der Waals surface area (Å²) >= 11 is 1.24. The normalized spacial score (nSPS) is 16.3. The van der Waals surface area contributed by atoms with Gasteiger partial charge in [0.1, 0.15) is 0 Å². The van der Waals surface area contributed by atoms with Gasteiger partial charge in [-0.25, -0.2) is 0 Å². The summed E-state index contributed by atoms with van der Waals surface area (Å²) in [5.74, 6) is -1.64. The van der Waals surface area contributed by atoms with Gasteiger partial charge >= 0.3 is 0 Å². The molecule has 1 aliphatic heterocycles. The molecule has 1 atom stereocenters. The Balaban J connectivity index is 1.86. The summed E-state index contributed by atoms with van der Waals surface area (Å²) in [6.45, 7) is 0. The molecule has 0 saturated carbocycles. The predicted molar refractivity (Wildman–Crippen MR) is 104 cm³/mol. The van der Waals surface area contributed by atoms with Crippen LogP contribution >= 0.6 is 11.3 Å². The Morgan fingerprint density at radius 1 is 1.18 bits per heavy atom. The smallest absolute Gasteiger partial charge is 0.294 e. The van der Waals surface area contributed by atoms with Crippen molar-refractivity contribution in [2.45, 2.75) is 6.04 Å². The van der Waals surface area contributed by atoms with E-state index >= 15 is 0 Å². The number of carbonyl (C=O) groups is 2. The summed E-state index contributed by atoms with van der Waals surface area (Å²) in [5, 5.41) is 21.4. The van der Waals surface area contributed by atoms with E-state index in [0.717, 1.165) is 0 Å². The van der Waals surface area contributed by atoms with Gasteiger partial charge in [0, 0.05) is 18.1 Å². The lowest BCUT2D eigenvalue weighted by atomic mass is 9.96. The number of hydrogen-bond donors (Lipinski definition) is 1. The average Bonchev–Trinajstić information content (AvgIpc) is 3.36. The number of aromatic nitrogens is 1. The maximum atomic E-state index is 13.1. The Bertz CT molecular complexity index is 1110. The Morgan fingerprint density at radius 3 is 2.57 bits per heavy atom. The maximum Gasteiger partial charge on any atom is 0.294 e. The predicted octanol–water partition coefficient (Wildman–Crippen LogP) is 3.80. The average molecular weight is 387 g/mol. The van der Waals surface area contributed by atoms with Crippen LogP contribution in [0.4, 0.5) is 5.69 Å². The molecule has 2 aromatic heterocycles. The van der Waals surface area contributed by atoms with Gasteiger partial charge < -0.3 is 5.11 Å².